The van der Waals surface area contributed by atoms with Gasteiger partial charge in [-0.05, 0) is 32.6 Å². The lowest BCUT2D eigenvalue weighted by Crippen LogP contribution is -2.28. The first-order valence-electron chi connectivity index (χ1n) is 6.83. The Hall–Kier alpha value is -1.50. The summed E-state index contributed by atoms with van der Waals surface area (Å²) in [5.74, 6) is 1.59. The van der Waals surface area contributed by atoms with E-state index in [0.29, 0.717) is 11.6 Å². The summed E-state index contributed by atoms with van der Waals surface area (Å²) in [6.45, 7) is 4.11. The second kappa shape index (κ2) is 5.43. The Morgan fingerprint density at radius 3 is 2.67 bits per heavy atom. The summed E-state index contributed by atoms with van der Waals surface area (Å²) >= 11 is 0. The number of nitrogens with one attached hydrogen (secondary N) is 1. The molecule has 98 valence electrons. The van der Waals surface area contributed by atoms with Crippen molar-refractivity contribution in [2.75, 3.05) is 5.32 Å². The summed E-state index contributed by atoms with van der Waals surface area (Å²) in [7, 11) is 1.89. The third kappa shape index (κ3) is 2.50. The molecule has 18 heavy (non-hydrogen) atoms. The molecule has 1 atom stereocenters. The van der Waals surface area contributed by atoms with E-state index in [1.54, 1.807) is 4.68 Å². The first-order chi connectivity index (χ1) is 8.63. The summed E-state index contributed by atoms with van der Waals surface area (Å²) in [5.41, 5.74) is 1.48. The Kier molecular flexibility index (Phi) is 3.90. The van der Waals surface area contributed by atoms with Gasteiger partial charge in [-0.1, -0.05) is 19.3 Å². The SMILES string of the molecule is Cc1nn(C)c(NC(C)C2CCCCC2)c1C#N. The minimum absolute atomic E-state index is 0.409. The summed E-state index contributed by atoms with van der Waals surface area (Å²) in [5, 5.41) is 17.0. The first kappa shape index (κ1) is 12.9. The van der Waals surface area contributed by atoms with Crippen LogP contribution in [0.5, 0.6) is 0 Å². The monoisotopic (exact) mass is 246 g/mol. The second-order valence-electron chi connectivity index (χ2n) is 5.38. The molecule has 0 saturated heterocycles. The van der Waals surface area contributed by atoms with Gasteiger partial charge in [-0.2, -0.15) is 10.4 Å². The van der Waals surface area contributed by atoms with Crippen LogP contribution in [0.2, 0.25) is 0 Å². The molecular weight excluding hydrogens is 224 g/mol. The highest BCUT2D eigenvalue weighted by molar-refractivity contribution is 5.55. The fourth-order valence-electron chi connectivity index (χ4n) is 2.93. The number of aromatic nitrogens is 2. The standard InChI is InChI=1S/C14H22N4/c1-10(12-7-5-4-6-8-12)16-14-13(9-15)11(2)17-18(14)3/h10,12,16H,4-8H2,1-3H3. The zero-order valence-electron chi connectivity index (χ0n) is 11.5. The van der Waals surface area contributed by atoms with E-state index < -0.39 is 0 Å². The van der Waals surface area contributed by atoms with Gasteiger partial charge >= 0.3 is 0 Å². The summed E-state index contributed by atoms with van der Waals surface area (Å²) in [6.07, 6.45) is 6.65. The van der Waals surface area contributed by atoms with Crippen LogP contribution < -0.4 is 5.32 Å². The Bertz CT molecular complexity index is 449. The van der Waals surface area contributed by atoms with Gasteiger partial charge in [0.25, 0.3) is 0 Å². The topological polar surface area (TPSA) is 53.6 Å². The molecule has 1 aliphatic rings. The predicted octanol–water partition coefficient (Wildman–Crippen LogP) is 2.98. The Labute approximate surface area is 109 Å². The highest BCUT2D eigenvalue weighted by Crippen LogP contribution is 2.29. The fourth-order valence-corrected chi connectivity index (χ4v) is 2.93. The van der Waals surface area contributed by atoms with Crippen molar-refractivity contribution in [3.05, 3.63) is 11.3 Å². The molecule has 0 aliphatic heterocycles. The second-order valence-corrected chi connectivity index (χ2v) is 5.38. The van der Waals surface area contributed by atoms with Gasteiger partial charge in [0.15, 0.2) is 0 Å². The fraction of sp³-hybridized carbons (Fsp3) is 0.714. The number of aryl methyl sites for hydroxylation is 2. The van der Waals surface area contributed by atoms with Crippen molar-refractivity contribution in [3.63, 3.8) is 0 Å². The van der Waals surface area contributed by atoms with Gasteiger partial charge in [0.2, 0.25) is 0 Å². The van der Waals surface area contributed by atoms with Crippen LogP contribution >= 0.6 is 0 Å². The Morgan fingerprint density at radius 1 is 1.39 bits per heavy atom. The van der Waals surface area contributed by atoms with Crippen molar-refractivity contribution >= 4 is 5.82 Å². The molecule has 0 radical (unpaired) electrons. The van der Waals surface area contributed by atoms with Crippen molar-refractivity contribution in [2.24, 2.45) is 13.0 Å². The average molecular weight is 246 g/mol. The molecule has 0 aromatic carbocycles. The number of nitriles is 1. The van der Waals surface area contributed by atoms with Crippen molar-refractivity contribution in [3.8, 4) is 6.07 Å². The van der Waals surface area contributed by atoms with Gasteiger partial charge in [-0.15, -0.1) is 0 Å². The summed E-state index contributed by atoms with van der Waals surface area (Å²) in [4.78, 5) is 0. The normalized spacial score (nSPS) is 18.3. The average Bonchev–Trinajstić information content (AvgIpc) is 2.64. The van der Waals surface area contributed by atoms with E-state index in [0.717, 1.165) is 17.4 Å². The van der Waals surface area contributed by atoms with Gasteiger partial charge in [0.1, 0.15) is 17.5 Å². The maximum atomic E-state index is 9.19. The van der Waals surface area contributed by atoms with E-state index in [2.05, 4.69) is 23.4 Å². The van der Waals surface area contributed by atoms with Crippen LogP contribution in [0.15, 0.2) is 0 Å². The van der Waals surface area contributed by atoms with Crippen LogP contribution in [0, 0.1) is 24.2 Å². The molecule has 1 fully saturated rings. The van der Waals surface area contributed by atoms with Crippen LogP contribution in [0.3, 0.4) is 0 Å². The molecule has 1 aliphatic carbocycles. The molecule has 1 unspecified atom stereocenters. The van der Waals surface area contributed by atoms with Gasteiger partial charge in [0.05, 0.1) is 5.69 Å². The zero-order valence-corrected chi connectivity index (χ0v) is 11.5. The molecule has 1 heterocycles. The highest BCUT2D eigenvalue weighted by atomic mass is 15.3. The maximum Gasteiger partial charge on any atom is 0.142 e. The van der Waals surface area contributed by atoms with Gasteiger partial charge in [-0.3, -0.25) is 4.68 Å². The van der Waals surface area contributed by atoms with Crippen LogP contribution in [-0.2, 0) is 7.05 Å². The lowest BCUT2D eigenvalue weighted by Gasteiger charge is -2.28. The van der Waals surface area contributed by atoms with Gasteiger partial charge in [-0.25, -0.2) is 0 Å². The molecule has 1 N–H and O–H groups in total. The van der Waals surface area contributed by atoms with E-state index in [4.69, 9.17) is 0 Å². The molecule has 4 nitrogen and oxygen atoms in total. The molecule has 1 aromatic rings. The minimum Gasteiger partial charge on any atom is -0.366 e. The maximum absolute atomic E-state index is 9.19. The largest absolute Gasteiger partial charge is 0.366 e. The van der Waals surface area contributed by atoms with Crippen molar-refractivity contribution in [1.82, 2.24) is 9.78 Å². The quantitative estimate of drug-likeness (QED) is 0.892. The lowest BCUT2D eigenvalue weighted by atomic mass is 9.84. The van der Waals surface area contributed by atoms with Gasteiger partial charge in [0, 0.05) is 13.1 Å². The highest BCUT2D eigenvalue weighted by Gasteiger charge is 2.22. The number of hydrogen-bond donors (Lipinski definition) is 1. The zero-order chi connectivity index (χ0) is 13.1. The Morgan fingerprint density at radius 2 is 2.06 bits per heavy atom. The van der Waals surface area contributed by atoms with E-state index in [9.17, 15) is 5.26 Å². The Balaban J connectivity index is 2.11. The molecule has 0 spiro atoms. The van der Waals surface area contributed by atoms with Crippen molar-refractivity contribution in [2.45, 2.75) is 52.0 Å². The number of anilines is 1. The molecule has 1 aromatic heterocycles. The van der Waals surface area contributed by atoms with E-state index in [-0.39, 0.29) is 0 Å². The minimum atomic E-state index is 0.409. The van der Waals surface area contributed by atoms with Crippen LogP contribution in [-0.4, -0.2) is 15.8 Å². The van der Waals surface area contributed by atoms with Crippen LogP contribution in [0.25, 0.3) is 0 Å². The van der Waals surface area contributed by atoms with Gasteiger partial charge < -0.3 is 5.32 Å². The smallest absolute Gasteiger partial charge is 0.142 e. The van der Waals surface area contributed by atoms with E-state index in [1.807, 2.05) is 14.0 Å². The van der Waals surface area contributed by atoms with Crippen molar-refractivity contribution < 1.29 is 0 Å². The van der Waals surface area contributed by atoms with E-state index >= 15 is 0 Å². The van der Waals surface area contributed by atoms with E-state index in [1.165, 1.54) is 32.1 Å². The third-order valence-electron chi connectivity index (χ3n) is 4.06. The predicted molar refractivity (Wildman–Crippen MR) is 72.3 cm³/mol. The molecule has 0 bridgehead atoms. The molecule has 0 amide bonds. The number of nitrogens with zero attached hydrogens (tertiary/aromatic N) is 3. The molecule has 2 rings (SSSR count). The summed E-state index contributed by atoms with van der Waals surface area (Å²) in [6, 6.07) is 2.66. The van der Waals surface area contributed by atoms with Crippen LogP contribution in [0.1, 0.15) is 50.3 Å². The molecular formula is C14H22N4. The first-order valence-corrected chi connectivity index (χ1v) is 6.83. The lowest BCUT2D eigenvalue weighted by molar-refractivity contribution is 0.327. The number of hydrogen-bond acceptors (Lipinski definition) is 3. The third-order valence-corrected chi connectivity index (χ3v) is 4.06. The number of rotatable bonds is 3. The molecule has 1 saturated carbocycles. The van der Waals surface area contributed by atoms with Crippen molar-refractivity contribution in [1.29, 1.82) is 5.26 Å². The van der Waals surface area contributed by atoms with Crippen LogP contribution in [0.4, 0.5) is 5.82 Å². The summed E-state index contributed by atoms with van der Waals surface area (Å²) < 4.78 is 1.78. The molecule has 4 heteroatoms.